The molecule has 0 aromatic heterocycles. The fourth-order valence-corrected chi connectivity index (χ4v) is 8.27. The topological polar surface area (TPSA) is 94.6 Å². The van der Waals surface area contributed by atoms with E-state index in [9.17, 15) is 21.6 Å². The largest absolute Gasteiger partial charge is 0.466 e. The van der Waals surface area contributed by atoms with Gasteiger partial charge in [0.15, 0.2) is 0 Å². The average molecular weight is 503 g/mol. The maximum atomic E-state index is 17.5. The summed E-state index contributed by atoms with van der Waals surface area (Å²) in [7, 11) is -9.54. The lowest BCUT2D eigenvalue weighted by Gasteiger charge is -2.34. The predicted octanol–water partition coefficient (Wildman–Crippen LogP) is 4.38. The van der Waals surface area contributed by atoms with E-state index >= 15 is 4.39 Å². The molecule has 34 heavy (non-hydrogen) atoms. The first-order chi connectivity index (χ1) is 16.0. The zero-order chi connectivity index (χ0) is 25.1. The van der Waals surface area contributed by atoms with Crippen LogP contribution in [0.4, 0.5) is 4.39 Å². The Morgan fingerprint density at radius 3 is 1.74 bits per heavy atom. The quantitative estimate of drug-likeness (QED) is 0.335. The minimum absolute atomic E-state index is 0.0584. The SMILES string of the molecule is C=C(C(=O)OC)[C@@H](c1cccc(C)c1)C(F)(S(=O)(=O)c1ccccc1)S(=O)(=O)c1ccccc1. The number of esters is 1. The Hall–Kier alpha value is -3.30. The number of methoxy groups -OCH3 is 1. The van der Waals surface area contributed by atoms with E-state index in [1.54, 1.807) is 13.0 Å². The second kappa shape index (κ2) is 9.52. The normalized spacial score (nSPS) is 13.1. The van der Waals surface area contributed by atoms with Crippen molar-refractivity contribution in [2.24, 2.45) is 0 Å². The number of sulfone groups is 2. The lowest BCUT2D eigenvalue weighted by atomic mass is 9.91. The molecule has 0 unspecified atom stereocenters. The van der Waals surface area contributed by atoms with Crippen LogP contribution in [0.2, 0.25) is 0 Å². The molecular formula is C25H23FO6S2. The number of benzene rings is 3. The van der Waals surface area contributed by atoms with Crippen LogP contribution in [-0.4, -0.2) is 34.2 Å². The van der Waals surface area contributed by atoms with Crippen molar-refractivity contribution in [2.75, 3.05) is 7.11 Å². The zero-order valence-electron chi connectivity index (χ0n) is 18.5. The number of carbonyl (C=O) groups excluding carboxylic acids is 1. The summed E-state index contributed by atoms with van der Waals surface area (Å²) in [5.41, 5.74) is -0.122. The van der Waals surface area contributed by atoms with Gasteiger partial charge in [-0.3, -0.25) is 0 Å². The number of carbonyl (C=O) groups is 1. The number of aryl methyl sites for hydroxylation is 1. The van der Waals surface area contributed by atoms with Gasteiger partial charge in [-0.05, 0) is 36.8 Å². The van der Waals surface area contributed by atoms with Gasteiger partial charge in [-0.25, -0.2) is 26.0 Å². The first kappa shape index (κ1) is 25.3. The Labute approximate surface area is 198 Å². The molecule has 0 saturated heterocycles. The van der Waals surface area contributed by atoms with E-state index in [0.29, 0.717) is 5.56 Å². The summed E-state index contributed by atoms with van der Waals surface area (Å²) >= 11 is 0. The van der Waals surface area contributed by atoms with Crippen molar-refractivity contribution in [1.29, 1.82) is 0 Å². The molecule has 0 aliphatic heterocycles. The molecule has 0 spiro atoms. The molecule has 1 atom stereocenters. The standard InChI is InChI=1S/C25H23FO6S2/c1-18-11-10-12-20(17-18)23(19(2)24(27)32-3)25(26,33(28,29)21-13-6-4-7-14-21)34(30,31)22-15-8-5-9-16-22/h4-17,23H,2H2,1,3H3/t23-/m0/s1. The van der Waals surface area contributed by atoms with Crippen molar-refractivity contribution in [1.82, 2.24) is 0 Å². The molecule has 0 radical (unpaired) electrons. The monoisotopic (exact) mass is 502 g/mol. The van der Waals surface area contributed by atoms with E-state index in [4.69, 9.17) is 0 Å². The van der Waals surface area contributed by atoms with E-state index in [2.05, 4.69) is 11.3 Å². The van der Waals surface area contributed by atoms with Crippen molar-refractivity contribution < 1.29 is 30.8 Å². The highest BCUT2D eigenvalue weighted by atomic mass is 32.3. The molecule has 0 saturated carbocycles. The number of ether oxygens (including phenoxy) is 1. The first-order valence-corrected chi connectivity index (χ1v) is 13.1. The number of alkyl halides is 1. The Morgan fingerprint density at radius 2 is 1.32 bits per heavy atom. The molecule has 9 heteroatoms. The van der Waals surface area contributed by atoms with Crippen molar-refractivity contribution in [3.05, 3.63) is 108 Å². The fourth-order valence-electron chi connectivity index (χ4n) is 3.68. The molecule has 178 valence electrons. The Morgan fingerprint density at radius 1 is 0.853 bits per heavy atom. The van der Waals surface area contributed by atoms with Crippen molar-refractivity contribution in [3.8, 4) is 0 Å². The molecule has 0 bridgehead atoms. The molecule has 0 amide bonds. The average Bonchev–Trinajstić information content (AvgIpc) is 2.84. The minimum atomic E-state index is -5.28. The van der Waals surface area contributed by atoms with E-state index in [0.717, 1.165) is 31.4 Å². The van der Waals surface area contributed by atoms with Gasteiger partial charge in [0.2, 0.25) is 19.7 Å². The summed E-state index contributed by atoms with van der Waals surface area (Å²) in [6, 6.07) is 18.7. The first-order valence-electron chi connectivity index (χ1n) is 10.1. The highest BCUT2D eigenvalue weighted by molar-refractivity contribution is 8.10. The van der Waals surface area contributed by atoms with Crippen LogP contribution in [0.15, 0.2) is 107 Å². The predicted molar refractivity (Wildman–Crippen MR) is 126 cm³/mol. The van der Waals surface area contributed by atoms with Gasteiger partial charge in [0.1, 0.15) is 0 Å². The molecule has 0 N–H and O–H groups in total. The van der Waals surface area contributed by atoms with Crippen LogP contribution in [0.3, 0.4) is 0 Å². The van der Waals surface area contributed by atoms with Gasteiger partial charge in [-0.15, -0.1) is 0 Å². The Kier molecular flexibility index (Phi) is 7.09. The summed E-state index contributed by atoms with van der Waals surface area (Å²) in [6.45, 7) is 5.23. The third-order valence-electron chi connectivity index (χ3n) is 5.36. The molecule has 0 aliphatic carbocycles. The zero-order valence-corrected chi connectivity index (χ0v) is 20.1. The van der Waals surface area contributed by atoms with Gasteiger partial charge in [0.05, 0.1) is 22.8 Å². The molecule has 0 aliphatic rings. The van der Waals surface area contributed by atoms with Crippen LogP contribution in [0, 0.1) is 6.92 Å². The van der Waals surface area contributed by atoms with Gasteiger partial charge in [-0.2, -0.15) is 0 Å². The molecule has 3 aromatic rings. The molecule has 6 nitrogen and oxygen atoms in total. The van der Waals surface area contributed by atoms with E-state index in [1.807, 2.05) is 0 Å². The minimum Gasteiger partial charge on any atom is -0.466 e. The van der Waals surface area contributed by atoms with Crippen molar-refractivity contribution >= 4 is 25.6 Å². The van der Waals surface area contributed by atoms with Crippen LogP contribution in [0.25, 0.3) is 0 Å². The van der Waals surface area contributed by atoms with Gasteiger partial charge in [-0.1, -0.05) is 72.8 Å². The lowest BCUT2D eigenvalue weighted by Crippen LogP contribution is -2.49. The third kappa shape index (κ3) is 4.17. The van der Waals surface area contributed by atoms with Gasteiger partial charge in [0, 0.05) is 5.57 Å². The summed E-state index contributed by atoms with van der Waals surface area (Å²) in [5.74, 6) is -3.27. The van der Waals surface area contributed by atoms with E-state index < -0.39 is 51.3 Å². The van der Waals surface area contributed by atoms with Crippen molar-refractivity contribution in [2.45, 2.75) is 27.0 Å². The van der Waals surface area contributed by atoms with Crippen molar-refractivity contribution in [3.63, 3.8) is 0 Å². The second-order valence-corrected chi connectivity index (χ2v) is 12.0. The summed E-state index contributed by atoms with van der Waals surface area (Å²) in [6.07, 6.45) is 0. The number of halogens is 1. The summed E-state index contributed by atoms with van der Waals surface area (Å²) in [4.78, 5) is 11.4. The van der Waals surface area contributed by atoms with E-state index in [-0.39, 0.29) is 5.56 Å². The van der Waals surface area contributed by atoms with Gasteiger partial charge in [0.25, 0.3) is 0 Å². The Bertz CT molecular complexity index is 1350. The molecule has 0 heterocycles. The highest BCUT2D eigenvalue weighted by Gasteiger charge is 2.64. The molecular weight excluding hydrogens is 479 g/mol. The fraction of sp³-hybridized carbons (Fsp3) is 0.160. The van der Waals surface area contributed by atoms with Crippen LogP contribution in [0.1, 0.15) is 17.0 Å². The molecule has 3 rings (SSSR count). The summed E-state index contributed by atoms with van der Waals surface area (Å²) < 4.78 is 73.5. The number of rotatable bonds is 8. The summed E-state index contributed by atoms with van der Waals surface area (Å²) in [5, 5.41) is 0. The molecule has 3 aromatic carbocycles. The van der Waals surface area contributed by atoms with Crippen LogP contribution in [-0.2, 0) is 29.2 Å². The third-order valence-corrected chi connectivity index (χ3v) is 10.4. The van der Waals surface area contributed by atoms with E-state index in [1.165, 1.54) is 54.6 Å². The maximum Gasteiger partial charge on any atom is 0.333 e. The van der Waals surface area contributed by atoms with Crippen LogP contribution < -0.4 is 0 Å². The van der Waals surface area contributed by atoms with Gasteiger partial charge < -0.3 is 4.74 Å². The second-order valence-electron chi connectivity index (χ2n) is 7.58. The van der Waals surface area contributed by atoms with Crippen LogP contribution >= 0.6 is 0 Å². The smallest absolute Gasteiger partial charge is 0.333 e. The lowest BCUT2D eigenvalue weighted by molar-refractivity contribution is -0.136. The number of hydrogen-bond donors (Lipinski definition) is 0. The molecule has 0 fully saturated rings. The van der Waals surface area contributed by atoms with Gasteiger partial charge >= 0.3 is 10.3 Å². The highest BCUT2D eigenvalue weighted by Crippen LogP contribution is 2.50. The van der Waals surface area contributed by atoms with Crippen LogP contribution in [0.5, 0.6) is 0 Å². The maximum absolute atomic E-state index is 17.5. The number of hydrogen-bond acceptors (Lipinski definition) is 6. The Balaban J connectivity index is 2.48.